The molecule has 0 aliphatic carbocycles. The number of piperazine rings is 1. The summed E-state index contributed by atoms with van der Waals surface area (Å²) in [5, 5.41) is 0.468. The van der Waals surface area contributed by atoms with Crippen LogP contribution < -0.4 is 13.9 Å². The molecule has 31 heavy (non-hydrogen) atoms. The molecule has 0 atom stereocenters. The molecule has 1 aliphatic rings. The van der Waals surface area contributed by atoms with Gasteiger partial charge in [-0.15, -0.1) is 0 Å². The molecule has 1 aliphatic heterocycles. The summed E-state index contributed by atoms with van der Waals surface area (Å²) in [4.78, 5) is 16.7. The van der Waals surface area contributed by atoms with Crippen LogP contribution in [-0.2, 0) is 14.8 Å². The lowest BCUT2D eigenvalue weighted by molar-refractivity contribution is -0.131. The average Bonchev–Trinajstić information content (AvgIpc) is 2.75. The van der Waals surface area contributed by atoms with Crippen LogP contribution in [0.3, 0.4) is 0 Å². The second kappa shape index (κ2) is 10.2. The average molecular weight is 466 g/mol. The van der Waals surface area contributed by atoms with Gasteiger partial charge in [-0.2, -0.15) is 0 Å². The van der Waals surface area contributed by atoms with E-state index in [9.17, 15) is 13.2 Å². The molecule has 0 spiro atoms. The van der Waals surface area contributed by atoms with Crippen LogP contribution in [0.25, 0.3) is 0 Å². The van der Waals surface area contributed by atoms with E-state index in [0.717, 1.165) is 30.8 Å². The summed E-state index contributed by atoms with van der Waals surface area (Å²) in [5.74, 6) is 0.864. The highest BCUT2D eigenvalue weighted by atomic mass is 35.5. The van der Waals surface area contributed by atoms with Gasteiger partial charge in [-0.25, -0.2) is 8.42 Å². The Kier molecular flexibility index (Phi) is 7.67. The number of hydrogen-bond acceptors (Lipinski definition) is 5. The van der Waals surface area contributed by atoms with Crippen molar-refractivity contribution in [1.29, 1.82) is 0 Å². The maximum absolute atomic E-state index is 12.7. The third-order valence-electron chi connectivity index (χ3n) is 5.31. The van der Waals surface area contributed by atoms with Crippen LogP contribution >= 0.6 is 11.6 Å². The Bertz CT molecular complexity index is 1010. The summed E-state index contributed by atoms with van der Waals surface area (Å²) < 4.78 is 31.2. The van der Waals surface area contributed by atoms with Crippen molar-refractivity contribution >= 4 is 38.9 Å². The number of halogens is 1. The lowest BCUT2D eigenvalue weighted by Crippen LogP contribution is -2.49. The van der Waals surface area contributed by atoms with E-state index in [-0.39, 0.29) is 12.5 Å². The highest BCUT2D eigenvalue weighted by molar-refractivity contribution is 7.92. The number of amides is 1. The number of rotatable bonds is 8. The van der Waals surface area contributed by atoms with Crippen molar-refractivity contribution in [2.75, 3.05) is 55.3 Å². The lowest BCUT2D eigenvalue weighted by Gasteiger charge is -2.36. The minimum atomic E-state index is -3.47. The summed E-state index contributed by atoms with van der Waals surface area (Å²) in [6, 6.07) is 14.6. The highest BCUT2D eigenvalue weighted by Crippen LogP contribution is 2.28. The molecule has 7 nitrogen and oxygen atoms in total. The number of methoxy groups -OCH3 is 1. The van der Waals surface area contributed by atoms with Gasteiger partial charge in [-0.05, 0) is 36.8 Å². The van der Waals surface area contributed by atoms with Crippen molar-refractivity contribution in [2.24, 2.45) is 0 Å². The normalized spacial score (nSPS) is 14.4. The monoisotopic (exact) mass is 465 g/mol. The van der Waals surface area contributed by atoms with E-state index in [4.69, 9.17) is 16.3 Å². The van der Waals surface area contributed by atoms with Crippen LogP contribution in [-0.4, -0.2) is 65.3 Å². The molecule has 3 rings (SSSR count). The molecule has 0 aromatic heterocycles. The molecule has 0 N–H and O–H groups in total. The number of benzene rings is 2. The summed E-state index contributed by atoms with van der Waals surface area (Å²) >= 11 is 6.01. The number of carbonyl (C=O) groups is 1. The molecule has 0 radical (unpaired) electrons. The second-order valence-corrected chi connectivity index (χ2v) is 9.80. The Hall–Kier alpha value is -2.45. The summed E-state index contributed by atoms with van der Waals surface area (Å²) in [7, 11) is -1.82. The van der Waals surface area contributed by atoms with Gasteiger partial charge in [0.15, 0.2) is 0 Å². The smallest absolute Gasteiger partial charge is 0.232 e. The number of ether oxygens (including phenoxy) is 1. The molecule has 168 valence electrons. The molecular formula is C22H28ClN3O4S. The molecule has 9 heteroatoms. The van der Waals surface area contributed by atoms with Crippen LogP contribution in [0.5, 0.6) is 5.75 Å². The van der Waals surface area contributed by atoms with Gasteiger partial charge in [0.1, 0.15) is 5.75 Å². The quantitative estimate of drug-likeness (QED) is 0.598. The number of sulfonamides is 1. The molecule has 0 saturated carbocycles. The summed E-state index contributed by atoms with van der Waals surface area (Å²) in [5.41, 5.74) is 1.54. The van der Waals surface area contributed by atoms with Gasteiger partial charge in [0.05, 0.1) is 24.7 Å². The number of carbonyl (C=O) groups excluding carboxylic acids is 1. The molecule has 1 fully saturated rings. The standard InChI is InChI=1S/C22H28ClN3O4S/c1-30-21-10-4-3-9-20(21)24-13-15-25(16-14-24)22(27)11-6-12-26(31(2,28)29)19-8-5-7-18(23)17-19/h3-5,7-10,17H,6,11-16H2,1-2H3. The van der Waals surface area contributed by atoms with Crippen LogP contribution in [0.1, 0.15) is 12.8 Å². The van der Waals surface area contributed by atoms with E-state index >= 15 is 0 Å². The zero-order valence-corrected chi connectivity index (χ0v) is 19.4. The highest BCUT2D eigenvalue weighted by Gasteiger charge is 2.23. The summed E-state index contributed by atoms with van der Waals surface area (Å²) in [6.45, 7) is 2.93. The first-order chi connectivity index (χ1) is 14.8. The molecular weight excluding hydrogens is 438 g/mol. The van der Waals surface area contributed by atoms with E-state index in [0.29, 0.717) is 36.6 Å². The van der Waals surface area contributed by atoms with E-state index in [2.05, 4.69) is 4.90 Å². The molecule has 1 heterocycles. The van der Waals surface area contributed by atoms with Gasteiger partial charge in [0, 0.05) is 44.2 Å². The lowest BCUT2D eigenvalue weighted by atomic mass is 10.2. The largest absolute Gasteiger partial charge is 0.495 e. The molecule has 2 aromatic rings. The zero-order valence-electron chi connectivity index (χ0n) is 17.8. The van der Waals surface area contributed by atoms with Gasteiger partial charge in [0.25, 0.3) is 0 Å². The fraction of sp³-hybridized carbons (Fsp3) is 0.409. The minimum absolute atomic E-state index is 0.0409. The SMILES string of the molecule is COc1ccccc1N1CCN(C(=O)CCCN(c2cccc(Cl)c2)S(C)(=O)=O)CC1. The predicted octanol–water partition coefficient (Wildman–Crippen LogP) is 3.24. The third-order valence-corrected chi connectivity index (χ3v) is 6.74. The molecule has 1 saturated heterocycles. The third kappa shape index (κ3) is 6.04. The van der Waals surface area contributed by atoms with Crippen molar-refractivity contribution in [3.8, 4) is 5.75 Å². The first kappa shape index (κ1) is 23.2. The number of para-hydroxylation sites is 2. The van der Waals surface area contributed by atoms with E-state index in [1.54, 1.807) is 31.4 Å². The van der Waals surface area contributed by atoms with Crippen molar-refractivity contribution in [3.63, 3.8) is 0 Å². The van der Waals surface area contributed by atoms with Crippen molar-refractivity contribution in [2.45, 2.75) is 12.8 Å². The Balaban J connectivity index is 1.53. The minimum Gasteiger partial charge on any atom is -0.495 e. The topological polar surface area (TPSA) is 70.2 Å². The zero-order chi connectivity index (χ0) is 22.4. The van der Waals surface area contributed by atoms with Gasteiger partial charge in [-0.1, -0.05) is 29.8 Å². The Morgan fingerprint density at radius 2 is 1.81 bits per heavy atom. The van der Waals surface area contributed by atoms with Crippen molar-refractivity contribution in [3.05, 3.63) is 53.6 Å². The van der Waals surface area contributed by atoms with E-state index < -0.39 is 10.0 Å². The Morgan fingerprint density at radius 1 is 1.10 bits per heavy atom. The first-order valence-corrected chi connectivity index (χ1v) is 12.4. The van der Waals surface area contributed by atoms with Crippen molar-refractivity contribution in [1.82, 2.24) is 4.90 Å². The fourth-order valence-corrected chi connectivity index (χ4v) is 4.88. The predicted molar refractivity (Wildman–Crippen MR) is 125 cm³/mol. The first-order valence-electron chi connectivity index (χ1n) is 10.2. The van der Waals surface area contributed by atoms with E-state index in [1.807, 2.05) is 29.2 Å². The molecule has 1 amide bonds. The number of anilines is 2. The second-order valence-electron chi connectivity index (χ2n) is 7.46. The Labute approximate surface area is 189 Å². The summed E-state index contributed by atoms with van der Waals surface area (Å²) in [6.07, 6.45) is 1.89. The number of hydrogen-bond donors (Lipinski definition) is 0. The van der Waals surface area contributed by atoms with Gasteiger partial charge in [-0.3, -0.25) is 9.10 Å². The number of nitrogens with zero attached hydrogens (tertiary/aromatic N) is 3. The fourth-order valence-electron chi connectivity index (χ4n) is 3.74. The Morgan fingerprint density at radius 3 is 2.45 bits per heavy atom. The van der Waals surface area contributed by atoms with Gasteiger partial charge < -0.3 is 14.5 Å². The van der Waals surface area contributed by atoms with Crippen LogP contribution in [0.2, 0.25) is 5.02 Å². The molecule has 0 bridgehead atoms. The van der Waals surface area contributed by atoms with E-state index in [1.165, 1.54) is 4.31 Å². The van der Waals surface area contributed by atoms with Crippen LogP contribution in [0.15, 0.2) is 48.5 Å². The maximum atomic E-state index is 12.7. The molecule has 0 unspecified atom stereocenters. The van der Waals surface area contributed by atoms with Crippen molar-refractivity contribution < 1.29 is 17.9 Å². The maximum Gasteiger partial charge on any atom is 0.232 e. The van der Waals surface area contributed by atoms with Gasteiger partial charge >= 0.3 is 0 Å². The van der Waals surface area contributed by atoms with Crippen LogP contribution in [0, 0.1) is 0 Å². The molecule has 2 aromatic carbocycles. The van der Waals surface area contributed by atoms with Gasteiger partial charge in [0.2, 0.25) is 15.9 Å². The van der Waals surface area contributed by atoms with Crippen LogP contribution in [0.4, 0.5) is 11.4 Å².